The van der Waals surface area contributed by atoms with Crippen molar-refractivity contribution in [1.29, 1.82) is 0 Å². The second-order valence-electron chi connectivity index (χ2n) is 5.26. The summed E-state index contributed by atoms with van der Waals surface area (Å²) >= 11 is 6.01. The number of carbonyl (C=O) groups is 1. The largest absolute Gasteiger partial charge is 0.494 e. The lowest BCUT2D eigenvalue weighted by Gasteiger charge is -2.10. The van der Waals surface area contributed by atoms with E-state index < -0.39 is 0 Å². The van der Waals surface area contributed by atoms with Gasteiger partial charge in [-0.2, -0.15) is 0 Å². The number of aromatic nitrogens is 1. The number of amides is 1. The zero-order valence-corrected chi connectivity index (χ0v) is 14.4. The Labute approximate surface area is 150 Å². The molecular formula is C19H17ClN2O3. The summed E-state index contributed by atoms with van der Waals surface area (Å²) in [5.41, 5.74) is 1.81. The van der Waals surface area contributed by atoms with E-state index in [0.717, 1.165) is 11.3 Å². The van der Waals surface area contributed by atoms with Crippen molar-refractivity contribution in [2.24, 2.45) is 0 Å². The molecule has 0 radical (unpaired) electrons. The van der Waals surface area contributed by atoms with Crippen LogP contribution in [0.2, 0.25) is 5.02 Å². The van der Waals surface area contributed by atoms with Gasteiger partial charge in [-0.15, -0.1) is 0 Å². The molecule has 3 aromatic rings. The van der Waals surface area contributed by atoms with Crippen LogP contribution in [0.25, 0.3) is 11.3 Å². The van der Waals surface area contributed by atoms with Gasteiger partial charge in [0.25, 0.3) is 5.91 Å². The summed E-state index contributed by atoms with van der Waals surface area (Å²) in [7, 11) is 0. The number of rotatable bonds is 6. The Morgan fingerprint density at radius 3 is 2.88 bits per heavy atom. The first-order chi connectivity index (χ1) is 12.2. The molecule has 0 spiro atoms. The van der Waals surface area contributed by atoms with E-state index in [1.54, 1.807) is 18.2 Å². The van der Waals surface area contributed by atoms with Crippen molar-refractivity contribution in [3.63, 3.8) is 0 Å². The molecule has 1 N–H and O–H groups in total. The Hall–Kier alpha value is -2.79. The number of halogens is 1. The lowest BCUT2D eigenvalue weighted by Crippen LogP contribution is -2.24. The zero-order valence-electron chi connectivity index (χ0n) is 13.7. The topological polar surface area (TPSA) is 64.4 Å². The Balaban J connectivity index is 1.76. The van der Waals surface area contributed by atoms with Gasteiger partial charge in [0.15, 0.2) is 17.8 Å². The molecule has 0 saturated heterocycles. The van der Waals surface area contributed by atoms with Crippen LogP contribution in [0, 0.1) is 0 Å². The molecule has 1 aromatic heterocycles. The summed E-state index contributed by atoms with van der Waals surface area (Å²) < 4.78 is 11.0. The molecule has 3 rings (SSSR count). The molecule has 1 amide bonds. The normalized spacial score (nSPS) is 10.5. The highest BCUT2D eigenvalue weighted by atomic mass is 35.5. The first-order valence-electron chi connectivity index (χ1n) is 7.87. The maximum Gasteiger partial charge on any atom is 0.274 e. The molecule has 0 saturated carbocycles. The standard InChI is InChI=1S/C19H17ClN2O3/c1-2-24-16-9-4-3-6-14(16)11-21-19(23)17-18(25-12-22-17)13-7-5-8-15(20)10-13/h3-10,12H,2,11H2,1H3,(H,21,23). The second-order valence-corrected chi connectivity index (χ2v) is 5.70. The van der Waals surface area contributed by atoms with E-state index in [1.807, 2.05) is 37.3 Å². The summed E-state index contributed by atoms with van der Waals surface area (Å²) in [6.07, 6.45) is 1.25. The summed E-state index contributed by atoms with van der Waals surface area (Å²) in [5.74, 6) is 0.814. The minimum Gasteiger partial charge on any atom is -0.494 e. The number of hydrogen-bond donors (Lipinski definition) is 1. The van der Waals surface area contributed by atoms with E-state index in [1.165, 1.54) is 6.39 Å². The van der Waals surface area contributed by atoms with Gasteiger partial charge in [0, 0.05) is 22.7 Å². The predicted octanol–water partition coefficient (Wildman–Crippen LogP) is 4.32. The third-order valence-electron chi connectivity index (χ3n) is 3.58. The van der Waals surface area contributed by atoms with Gasteiger partial charge in [0.2, 0.25) is 0 Å². The van der Waals surface area contributed by atoms with Gasteiger partial charge in [-0.1, -0.05) is 41.9 Å². The van der Waals surface area contributed by atoms with Gasteiger partial charge >= 0.3 is 0 Å². The first-order valence-corrected chi connectivity index (χ1v) is 8.25. The number of carbonyl (C=O) groups excluding carboxylic acids is 1. The van der Waals surface area contributed by atoms with Gasteiger partial charge in [-0.25, -0.2) is 4.98 Å². The minimum absolute atomic E-state index is 0.219. The summed E-state index contributed by atoms with van der Waals surface area (Å²) in [6.45, 7) is 2.81. The smallest absolute Gasteiger partial charge is 0.274 e. The first kappa shape index (κ1) is 17.0. The fourth-order valence-electron chi connectivity index (χ4n) is 2.45. The lowest BCUT2D eigenvalue weighted by molar-refractivity contribution is 0.0946. The molecule has 0 aliphatic rings. The molecule has 0 fully saturated rings. The van der Waals surface area contributed by atoms with E-state index in [-0.39, 0.29) is 11.6 Å². The Morgan fingerprint density at radius 2 is 2.08 bits per heavy atom. The molecule has 0 aliphatic heterocycles. The van der Waals surface area contributed by atoms with Crippen molar-refractivity contribution in [1.82, 2.24) is 10.3 Å². The number of nitrogens with one attached hydrogen (secondary N) is 1. The molecule has 5 nitrogen and oxygen atoms in total. The molecule has 128 valence electrons. The van der Waals surface area contributed by atoms with Gasteiger partial charge in [-0.05, 0) is 25.1 Å². The molecule has 2 aromatic carbocycles. The van der Waals surface area contributed by atoms with Crippen LogP contribution in [-0.4, -0.2) is 17.5 Å². The molecule has 1 heterocycles. The molecule has 25 heavy (non-hydrogen) atoms. The maximum atomic E-state index is 12.5. The van der Waals surface area contributed by atoms with Crippen molar-refractivity contribution in [2.45, 2.75) is 13.5 Å². The minimum atomic E-state index is -0.324. The van der Waals surface area contributed by atoms with Crippen LogP contribution in [0.5, 0.6) is 5.75 Å². The fraction of sp³-hybridized carbons (Fsp3) is 0.158. The number of para-hydroxylation sites is 1. The quantitative estimate of drug-likeness (QED) is 0.714. The van der Waals surface area contributed by atoms with Crippen LogP contribution < -0.4 is 10.1 Å². The highest BCUT2D eigenvalue weighted by Crippen LogP contribution is 2.26. The third-order valence-corrected chi connectivity index (χ3v) is 3.82. The number of nitrogens with zero attached hydrogens (tertiary/aromatic N) is 1. The Morgan fingerprint density at radius 1 is 1.24 bits per heavy atom. The fourth-order valence-corrected chi connectivity index (χ4v) is 2.64. The van der Waals surface area contributed by atoms with Crippen molar-refractivity contribution < 1.29 is 13.9 Å². The maximum absolute atomic E-state index is 12.5. The monoisotopic (exact) mass is 356 g/mol. The zero-order chi connectivity index (χ0) is 17.6. The highest BCUT2D eigenvalue weighted by Gasteiger charge is 2.18. The van der Waals surface area contributed by atoms with Crippen LogP contribution in [0.3, 0.4) is 0 Å². The number of hydrogen-bond acceptors (Lipinski definition) is 4. The molecular weight excluding hydrogens is 340 g/mol. The van der Waals surface area contributed by atoms with E-state index in [4.69, 9.17) is 20.8 Å². The van der Waals surface area contributed by atoms with Crippen molar-refractivity contribution in [3.05, 3.63) is 71.2 Å². The predicted molar refractivity (Wildman–Crippen MR) is 95.7 cm³/mol. The summed E-state index contributed by atoms with van der Waals surface area (Å²) in [6, 6.07) is 14.7. The molecule has 6 heteroatoms. The van der Waals surface area contributed by atoms with Crippen LogP contribution in [0.1, 0.15) is 23.0 Å². The summed E-state index contributed by atoms with van der Waals surface area (Å²) in [5, 5.41) is 3.41. The third kappa shape index (κ3) is 4.00. The Kier molecular flexibility index (Phi) is 5.36. The van der Waals surface area contributed by atoms with Crippen LogP contribution in [0.15, 0.2) is 59.3 Å². The molecule has 0 unspecified atom stereocenters. The molecule has 0 aliphatic carbocycles. The summed E-state index contributed by atoms with van der Waals surface area (Å²) in [4.78, 5) is 16.6. The second kappa shape index (κ2) is 7.85. The highest BCUT2D eigenvalue weighted by molar-refractivity contribution is 6.30. The van der Waals surface area contributed by atoms with Crippen LogP contribution >= 0.6 is 11.6 Å². The van der Waals surface area contributed by atoms with Gasteiger partial charge in [-0.3, -0.25) is 4.79 Å². The lowest BCUT2D eigenvalue weighted by atomic mass is 10.1. The van der Waals surface area contributed by atoms with E-state index in [9.17, 15) is 4.79 Å². The Bertz CT molecular complexity index is 876. The van der Waals surface area contributed by atoms with Crippen LogP contribution in [-0.2, 0) is 6.54 Å². The average Bonchev–Trinajstić information content (AvgIpc) is 3.11. The average molecular weight is 357 g/mol. The van der Waals surface area contributed by atoms with Gasteiger partial charge < -0.3 is 14.5 Å². The van der Waals surface area contributed by atoms with Gasteiger partial charge in [0.05, 0.1) is 6.61 Å². The van der Waals surface area contributed by atoms with Gasteiger partial charge in [0.1, 0.15) is 5.75 Å². The van der Waals surface area contributed by atoms with E-state index in [0.29, 0.717) is 29.5 Å². The molecule has 0 atom stereocenters. The van der Waals surface area contributed by atoms with Crippen LogP contribution in [0.4, 0.5) is 0 Å². The number of oxazole rings is 1. The number of benzene rings is 2. The SMILES string of the molecule is CCOc1ccccc1CNC(=O)c1ncoc1-c1cccc(Cl)c1. The molecule has 0 bridgehead atoms. The van der Waals surface area contributed by atoms with Crippen molar-refractivity contribution >= 4 is 17.5 Å². The van der Waals surface area contributed by atoms with E-state index in [2.05, 4.69) is 10.3 Å². The van der Waals surface area contributed by atoms with Crippen molar-refractivity contribution in [3.8, 4) is 17.1 Å². The number of ether oxygens (including phenoxy) is 1. The van der Waals surface area contributed by atoms with E-state index >= 15 is 0 Å². The van der Waals surface area contributed by atoms with Crippen molar-refractivity contribution in [2.75, 3.05) is 6.61 Å².